The van der Waals surface area contributed by atoms with Crippen LogP contribution in [0.25, 0.3) is 5.52 Å². The van der Waals surface area contributed by atoms with E-state index < -0.39 is 24.1 Å². The zero-order valence-corrected chi connectivity index (χ0v) is 18.9. The zero-order valence-electron chi connectivity index (χ0n) is 18.9. The number of halogens is 2. The van der Waals surface area contributed by atoms with Gasteiger partial charge in [0, 0.05) is 29.8 Å². The third-order valence-corrected chi connectivity index (χ3v) is 6.66. The van der Waals surface area contributed by atoms with Gasteiger partial charge in [0.1, 0.15) is 17.7 Å². The summed E-state index contributed by atoms with van der Waals surface area (Å²) in [6.45, 7) is 2.16. The van der Waals surface area contributed by atoms with E-state index in [0.29, 0.717) is 22.8 Å². The van der Waals surface area contributed by atoms with Gasteiger partial charge in [0.05, 0.1) is 18.4 Å². The number of rotatable bonds is 6. The van der Waals surface area contributed by atoms with E-state index in [2.05, 4.69) is 42.8 Å². The lowest BCUT2D eigenvalue weighted by atomic mass is 10.1. The maximum atomic E-state index is 14.5. The van der Waals surface area contributed by atoms with Gasteiger partial charge in [-0.2, -0.15) is 14.5 Å². The second-order valence-electron chi connectivity index (χ2n) is 9.31. The van der Waals surface area contributed by atoms with Crippen LogP contribution in [0.2, 0.25) is 0 Å². The number of amides is 1. The minimum Gasteiger partial charge on any atom is -0.324 e. The van der Waals surface area contributed by atoms with E-state index in [1.165, 1.54) is 12.3 Å². The van der Waals surface area contributed by atoms with Gasteiger partial charge in [-0.3, -0.25) is 9.89 Å². The number of pyridine rings is 1. The number of aromatic nitrogens is 6. The van der Waals surface area contributed by atoms with Crippen LogP contribution < -0.4 is 15.5 Å². The molecule has 1 aliphatic carbocycles. The first kappa shape index (κ1) is 21.4. The Hall–Kier alpha value is -4.09. The van der Waals surface area contributed by atoms with Crippen molar-refractivity contribution in [2.75, 3.05) is 22.1 Å². The van der Waals surface area contributed by atoms with Gasteiger partial charge in [0.25, 0.3) is 0 Å². The van der Waals surface area contributed by atoms with Crippen molar-refractivity contribution in [1.29, 1.82) is 0 Å². The molecule has 0 spiro atoms. The van der Waals surface area contributed by atoms with E-state index in [0.717, 1.165) is 24.6 Å². The Balaban J connectivity index is 1.29. The van der Waals surface area contributed by atoms with Crippen molar-refractivity contribution in [2.24, 2.45) is 0 Å². The van der Waals surface area contributed by atoms with Crippen LogP contribution in [-0.4, -0.2) is 54.4 Å². The molecular formula is C23H23F2N9O. The SMILES string of the molecule is CC1(c2cc(Nc3nc(N4C[C@H](F)C[C@H]4C(=O)Nc4ccc(F)nc4)nn4cccc34)n[nH]2)CC1. The molecule has 0 aromatic carbocycles. The summed E-state index contributed by atoms with van der Waals surface area (Å²) in [6.07, 6.45) is 3.96. The molecule has 2 atom stereocenters. The Labute approximate surface area is 198 Å². The fourth-order valence-electron chi connectivity index (χ4n) is 4.34. The molecule has 10 nitrogen and oxygen atoms in total. The monoisotopic (exact) mass is 479 g/mol. The van der Waals surface area contributed by atoms with Gasteiger partial charge in [-0.25, -0.2) is 13.9 Å². The van der Waals surface area contributed by atoms with Crippen molar-refractivity contribution in [3.63, 3.8) is 0 Å². The Morgan fingerprint density at radius 1 is 1.29 bits per heavy atom. The highest BCUT2D eigenvalue weighted by Gasteiger charge is 2.41. The summed E-state index contributed by atoms with van der Waals surface area (Å²) in [6, 6.07) is 7.35. The lowest BCUT2D eigenvalue weighted by Crippen LogP contribution is -2.41. The van der Waals surface area contributed by atoms with Gasteiger partial charge < -0.3 is 15.5 Å². The summed E-state index contributed by atoms with van der Waals surface area (Å²) in [5, 5.41) is 17.9. The Kier molecular flexibility index (Phi) is 4.90. The lowest BCUT2D eigenvalue weighted by Gasteiger charge is -2.24. The molecule has 1 saturated carbocycles. The Morgan fingerprint density at radius 3 is 2.91 bits per heavy atom. The van der Waals surface area contributed by atoms with Gasteiger partial charge in [-0.1, -0.05) is 6.92 Å². The van der Waals surface area contributed by atoms with E-state index in [9.17, 15) is 13.6 Å². The predicted octanol–water partition coefficient (Wildman–Crippen LogP) is 3.34. The van der Waals surface area contributed by atoms with Crippen LogP contribution >= 0.6 is 0 Å². The Bertz CT molecular complexity index is 1400. The predicted molar refractivity (Wildman–Crippen MR) is 125 cm³/mol. The molecule has 3 N–H and O–H groups in total. The molecule has 0 radical (unpaired) electrons. The first-order valence-electron chi connectivity index (χ1n) is 11.4. The number of carbonyl (C=O) groups is 1. The van der Waals surface area contributed by atoms with Gasteiger partial charge >= 0.3 is 0 Å². The minimum atomic E-state index is -1.23. The molecule has 1 amide bonds. The zero-order chi connectivity index (χ0) is 24.2. The average Bonchev–Trinajstić information content (AvgIpc) is 3.23. The quantitative estimate of drug-likeness (QED) is 0.363. The summed E-state index contributed by atoms with van der Waals surface area (Å²) in [5.41, 5.74) is 2.24. The first-order valence-corrected chi connectivity index (χ1v) is 11.4. The smallest absolute Gasteiger partial charge is 0.247 e. The molecule has 6 rings (SSSR count). The summed E-state index contributed by atoms with van der Waals surface area (Å²) in [7, 11) is 0. The van der Waals surface area contributed by atoms with Gasteiger partial charge in [-0.15, -0.1) is 5.10 Å². The molecule has 180 valence electrons. The maximum absolute atomic E-state index is 14.5. The molecule has 0 bridgehead atoms. The van der Waals surface area contributed by atoms with E-state index in [4.69, 9.17) is 0 Å². The number of anilines is 4. The number of aromatic amines is 1. The highest BCUT2D eigenvalue weighted by atomic mass is 19.1. The van der Waals surface area contributed by atoms with Crippen LogP contribution in [0, 0.1) is 5.95 Å². The van der Waals surface area contributed by atoms with E-state index in [-0.39, 0.29) is 24.3 Å². The van der Waals surface area contributed by atoms with Gasteiger partial charge in [0.15, 0.2) is 11.6 Å². The lowest BCUT2D eigenvalue weighted by molar-refractivity contribution is -0.117. The fourth-order valence-corrected chi connectivity index (χ4v) is 4.34. The van der Waals surface area contributed by atoms with Crippen LogP contribution in [0.15, 0.2) is 42.7 Å². The topological polar surface area (TPSA) is 116 Å². The van der Waals surface area contributed by atoms with Crippen LogP contribution in [0.1, 0.15) is 31.9 Å². The normalized spacial score (nSPS) is 20.8. The molecule has 2 aliphatic rings. The summed E-state index contributed by atoms with van der Waals surface area (Å²) in [5.74, 6) is 0.211. The molecule has 5 heterocycles. The highest BCUT2D eigenvalue weighted by Crippen LogP contribution is 2.47. The molecule has 1 aliphatic heterocycles. The summed E-state index contributed by atoms with van der Waals surface area (Å²) in [4.78, 5) is 22.7. The van der Waals surface area contributed by atoms with E-state index in [1.807, 2.05) is 18.2 Å². The van der Waals surface area contributed by atoms with Crippen molar-refractivity contribution < 1.29 is 13.6 Å². The first-order chi connectivity index (χ1) is 16.9. The van der Waals surface area contributed by atoms with Crippen molar-refractivity contribution >= 4 is 34.7 Å². The molecule has 2 fully saturated rings. The van der Waals surface area contributed by atoms with E-state index in [1.54, 1.807) is 15.6 Å². The number of hydrogen-bond donors (Lipinski definition) is 3. The van der Waals surface area contributed by atoms with Crippen molar-refractivity contribution in [1.82, 2.24) is 29.8 Å². The molecule has 4 aromatic rings. The summed E-state index contributed by atoms with van der Waals surface area (Å²) < 4.78 is 29.2. The largest absolute Gasteiger partial charge is 0.324 e. The molecule has 1 saturated heterocycles. The second kappa shape index (κ2) is 8.00. The number of nitrogens with zero attached hydrogens (tertiary/aromatic N) is 6. The third-order valence-electron chi connectivity index (χ3n) is 6.66. The van der Waals surface area contributed by atoms with Gasteiger partial charge in [0.2, 0.25) is 17.8 Å². The number of carbonyl (C=O) groups excluding carboxylic acids is 1. The van der Waals surface area contributed by atoms with Crippen LogP contribution in [0.3, 0.4) is 0 Å². The third kappa shape index (κ3) is 4.04. The highest BCUT2D eigenvalue weighted by molar-refractivity contribution is 5.97. The molecule has 4 aromatic heterocycles. The Morgan fingerprint density at radius 2 is 2.14 bits per heavy atom. The van der Waals surface area contributed by atoms with Gasteiger partial charge in [-0.05, 0) is 37.1 Å². The van der Waals surface area contributed by atoms with E-state index >= 15 is 0 Å². The minimum absolute atomic E-state index is 0.0163. The number of hydrogen-bond acceptors (Lipinski definition) is 7. The van der Waals surface area contributed by atoms with Crippen LogP contribution in [0.5, 0.6) is 0 Å². The maximum Gasteiger partial charge on any atom is 0.247 e. The standard InChI is InChI=1S/C23H23F2N9O/c1-23(6-7-23)17-10-19(31-30-17)28-20-15-3-2-8-34(15)32-22(29-20)33-12-13(24)9-16(33)21(35)27-14-4-5-18(25)26-11-14/h2-5,8,10-11,13,16H,6-7,9,12H2,1H3,(H,27,35)(H2,28,29,30,31,32)/t13-,16+/m1/s1. The van der Waals surface area contributed by atoms with Crippen molar-refractivity contribution in [3.05, 3.63) is 54.4 Å². The number of alkyl halides is 1. The number of fused-ring (bicyclic) bond motifs is 1. The average molecular weight is 479 g/mol. The van der Waals surface area contributed by atoms with Crippen LogP contribution in [0.4, 0.5) is 32.1 Å². The molecule has 35 heavy (non-hydrogen) atoms. The van der Waals surface area contributed by atoms with Crippen LogP contribution in [-0.2, 0) is 10.2 Å². The molecule has 12 heteroatoms. The molecular weight excluding hydrogens is 456 g/mol. The second-order valence-corrected chi connectivity index (χ2v) is 9.31. The molecule has 0 unspecified atom stereocenters. The van der Waals surface area contributed by atoms with Crippen molar-refractivity contribution in [3.8, 4) is 0 Å². The number of H-pyrrole nitrogens is 1. The van der Waals surface area contributed by atoms with Crippen molar-refractivity contribution in [2.45, 2.75) is 43.8 Å². The summed E-state index contributed by atoms with van der Waals surface area (Å²) >= 11 is 0. The number of nitrogens with one attached hydrogen (secondary N) is 3. The fraction of sp³-hybridized carbons (Fsp3) is 0.348.